The van der Waals surface area contributed by atoms with Gasteiger partial charge in [-0.15, -0.1) is 0 Å². The van der Waals surface area contributed by atoms with Gasteiger partial charge < -0.3 is 45.5 Å². The third-order valence-corrected chi connectivity index (χ3v) is 15.4. The van der Waals surface area contributed by atoms with Crippen molar-refractivity contribution < 1.29 is 59.0 Å². The number of aliphatic carboxylic acids is 1. The molecule has 6 atom stereocenters. The number of carbonyl (C=O) groups excluding carboxylic acids is 5. The third-order valence-electron chi connectivity index (χ3n) is 14.3. The first kappa shape index (κ1) is 53.3. The molecule has 7 aromatic rings. The number of phenolic OH excluding ortho intramolecular Hbond substituents is 4. The van der Waals surface area contributed by atoms with E-state index in [1.165, 1.54) is 67.7 Å². The molecule has 6 aromatic carbocycles. The van der Waals surface area contributed by atoms with E-state index in [2.05, 4.69) is 10.3 Å². The van der Waals surface area contributed by atoms with Gasteiger partial charge in [-0.2, -0.15) is 0 Å². The van der Waals surface area contributed by atoms with E-state index in [1.807, 2.05) is 6.07 Å². The van der Waals surface area contributed by atoms with E-state index >= 15 is 14.4 Å². The van der Waals surface area contributed by atoms with Crippen molar-refractivity contribution in [1.82, 2.24) is 15.2 Å². The zero-order chi connectivity index (χ0) is 54.4. The highest BCUT2D eigenvalue weighted by atomic mass is 35.5. The molecule has 11 rings (SSSR count). The van der Waals surface area contributed by atoms with Crippen LogP contribution in [-0.2, 0) is 41.6 Å². The van der Waals surface area contributed by atoms with Crippen molar-refractivity contribution in [3.05, 3.63) is 163 Å². The molecule has 7 N–H and O–H groups in total. The summed E-state index contributed by atoms with van der Waals surface area (Å²) >= 11 is 25.8. The van der Waals surface area contributed by atoms with Crippen LogP contribution in [0.2, 0.25) is 20.1 Å². The molecule has 9 bridgehead atoms. The molecule has 0 radical (unpaired) electrons. The summed E-state index contributed by atoms with van der Waals surface area (Å²) in [7, 11) is 1.33. The number of rotatable bonds is 7. The number of ether oxygens (including phenoxy) is 1. The number of likely N-dealkylation sites (N-methyl/N-ethyl adjacent to an activating group) is 1. The number of halogens is 4. The van der Waals surface area contributed by atoms with Crippen LogP contribution >= 0.6 is 46.4 Å². The quantitative estimate of drug-likeness (QED) is 0.0788. The number of amides is 2. The standard InChI is InChI=1S/C57H47Cl4N3O12/c1-26-13-33-25-62-45-20-29(7-12-36(33)45)37-15-32-21-50(52(37)69)76-35-10-3-27(4-11-35)14-46(48(67)24-40(57(74)75)28-5-8-34(65)9-6-28)64(2)56(73)39(31-18-43(60)54(71)44(61)19-31)23-49(68)51(32)63-55(72)38(22-47(26)66)30-16-41(58)53(70)42(59)17-30/h3-12,15-21,25-26,38-40,46,51,62,65,69-71H,13-14,22-24H2,1-2H3,(H,63,72)(H,74,75). The van der Waals surface area contributed by atoms with Gasteiger partial charge >= 0.3 is 5.97 Å². The molecule has 0 fully saturated rings. The van der Waals surface area contributed by atoms with Gasteiger partial charge in [0.05, 0.1) is 43.9 Å². The molecule has 6 unspecified atom stereocenters. The number of aromatic amines is 1. The number of Topliss-reactive ketones (excluding diaryl/α,β-unsaturated/α-hetero) is 3. The second-order valence-corrected chi connectivity index (χ2v) is 20.8. The van der Waals surface area contributed by atoms with Gasteiger partial charge in [-0.25, -0.2) is 0 Å². The van der Waals surface area contributed by atoms with E-state index < -0.39 is 95.9 Å². The van der Waals surface area contributed by atoms with Crippen LogP contribution in [0.4, 0.5) is 0 Å². The van der Waals surface area contributed by atoms with Crippen LogP contribution in [-0.4, -0.2) is 83.6 Å². The number of hydrogen-bond donors (Lipinski definition) is 7. The van der Waals surface area contributed by atoms with Crippen LogP contribution < -0.4 is 10.1 Å². The summed E-state index contributed by atoms with van der Waals surface area (Å²) in [4.78, 5) is 92.5. The summed E-state index contributed by atoms with van der Waals surface area (Å²) in [5.74, 6) is -11.4. The summed E-state index contributed by atoms with van der Waals surface area (Å²) in [5.41, 5.74) is 3.02. The van der Waals surface area contributed by atoms with E-state index in [0.29, 0.717) is 16.6 Å². The monoisotopic (exact) mass is 1110 g/mol. The Bertz CT molecular complexity index is 3460. The first-order valence-corrected chi connectivity index (χ1v) is 25.4. The minimum atomic E-state index is -1.72. The Hall–Kier alpha value is -7.56. The van der Waals surface area contributed by atoms with Gasteiger partial charge in [0.25, 0.3) is 0 Å². The highest BCUT2D eigenvalue weighted by Crippen LogP contribution is 2.45. The molecule has 76 heavy (non-hydrogen) atoms. The van der Waals surface area contributed by atoms with Gasteiger partial charge in [0.1, 0.15) is 23.3 Å². The Labute approximate surface area is 454 Å². The van der Waals surface area contributed by atoms with Crippen LogP contribution in [0.3, 0.4) is 0 Å². The molecule has 19 heteroatoms. The normalized spacial score (nSPS) is 19.8. The summed E-state index contributed by atoms with van der Waals surface area (Å²) in [6.07, 6.45) is 0.0908. The lowest BCUT2D eigenvalue weighted by Crippen LogP contribution is -2.47. The summed E-state index contributed by atoms with van der Waals surface area (Å²) < 4.78 is 6.40. The van der Waals surface area contributed by atoms with Crippen LogP contribution in [0.5, 0.6) is 34.5 Å². The number of benzene rings is 6. The number of hydrogen-bond acceptors (Lipinski definition) is 11. The fourth-order valence-corrected chi connectivity index (χ4v) is 11.0. The molecule has 5 heterocycles. The van der Waals surface area contributed by atoms with Gasteiger partial charge in [-0.1, -0.05) is 89.7 Å². The van der Waals surface area contributed by atoms with Crippen LogP contribution in [0.1, 0.15) is 83.4 Å². The molecule has 4 aliphatic rings. The number of aromatic nitrogens is 1. The lowest BCUT2D eigenvalue weighted by Gasteiger charge is -2.32. The Morgan fingerprint density at radius 2 is 1.30 bits per heavy atom. The molecular weight excluding hydrogens is 1060 g/mol. The Kier molecular flexibility index (Phi) is 15.1. The van der Waals surface area contributed by atoms with Crippen molar-refractivity contribution in [2.75, 3.05) is 7.05 Å². The Balaban J connectivity index is 1.25. The second kappa shape index (κ2) is 21.6. The van der Waals surface area contributed by atoms with Gasteiger partial charge in [-0.05, 0) is 119 Å². The maximum atomic E-state index is 15.7. The molecule has 2 amide bonds. The van der Waals surface area contributed by atoms with Crippen molar-refractivity contribution >= 4 is 92.4 Å². The number of H-pyrrole nitrogens is 1. The zero-order valence-electron chi connectivity index (χ0n) is 40.4. The molecule has 390 valence electrons. The number of phenols is 4. The molecular formula is C57H47Cl4N3O12. The predicted octanol–water partition coefficient (Wildman–Crippen LogP) is 11.1. The van der Waals surface area contributed by atoms with E-state index in [4.69, 9.17) is 51.1 Å². The fourth-order valence-electron chi connectivity index (χ4n) is 9.96. The molecule has 1 aromatic heterocycles. The highest BCUT2D eigenvalue weighted by molar-refractivity contribution is 6.38. The van der Waals surface area contributed by atoms with E-state index in [9.17, 15) is 39.9 Å². The second-order valence-electron chi connectivity index (χ2n) is 19.2. The van der Waals surface area contributed by atoms with Crippen molar-refractivity contribution in [2.24, 2.45) is 5.92 Å². The lowest BCUT2D eigenvalue weighted by atomic mass is 9.84. The smallest absolute Gasteiger partial charge is 0.311 e. The SMILES string of the molecule is CC1Cc2c[nH]c3cc(ccc23)-c2cc3cc(c2O)Oc2ccc(cc2)CC(C(=O)CC(C(=O)O)c2ccc(O)cc2)N(C)C(=O)C(c2cc(Cl)c(O)c(Cl)c2)CC(=O)C3NC(=O)C(c2cc(Cl)c(O)c(Cl)c2)CC1=O. The molecule has 0 aliphatic carbocycles. The van der Waals surface area contributed by atoms with E-state index in [1.54, 1.807) is 49.5 Å². The van der Waals surface area contributed by atoms with Crippen LogP contribution in [0.25, 0.3) is 22.0 Å². The Morgan fingerprint density at radius 1 is 0.697 bits per heavy atom. The molecule has 15 nitrogen and oxygen atoms in total. The van der Waals surface area contributed by atoms with Crippen LogP contribution in [0, 0.1) is 5.92 Å². The number of aromatic hydroxyl groups is 4. The van der Waals surface area contributed by atoms with Gasteiger partial charge in [0.15, 0.2) is 34.6 Å². The Morgan fingerprint density at radius 3 is 1.92 bits per heavy atom. The van der Waals surface area contributed by atoms with Crippen molar-refractivity contribution in [3.63, 3.8) is 0 Å². The summed E-state index contributed by atoms with van der Waals surface area (Å²) in [5, 5.41) is 56.4. The number of carboxylic acids is 1. The average Bonchev–Trinajstić information content (AvgIpc) is 3.80. The predicted molar refractivity (Wildman–Crippen MR) is 285 cm³/mol. The number of nitrogens with zero attached hydrogens (tertiary/aromatic N) is 1. The van der Waals surface area contributed by atoms with Crippen molar-refractivity contribution in [2.45, 2.75) is 68.9 Å². The third kappa shape index (κ3) is 10.8. The number of fused-ring (bicyclic) bond motifs is 15. The van der Waals surface area contributed by atoms with Crippen molar-refractivity contribution in [3.8, 4) is 45.6 Å². The minimum absolute atomic E-state index is 0.0154. The maximum absolute atomic E-state index is 15.7. The van der Waals surface area contributed by atoms with Gasteiger partial charge in [0, 0.05) is 54.9 Å². The largest absolute Gasteiger partial charge is 0.508 e. The number of ketones is 3. The van der Waals surface area contributed by atoms with Crippen LogP contribution in [0.15, 0.2) is 109 Å². The summed E-state index contributed by atoms with van der Waals surface area (Å²) in [6.45, 7) is 1.72. The number of nitrogens with one attached hydrogen (secondary N) is 2. The average molecular weight is 1110 g/mol. The molecule has 0 spiro atoms. The van der Waals surface area contributed by atoms with E-state index in [-0.39, 0.29) is 89.5 Å². The minimum Gasteiger partial charge on any atom is -0.508 e. The van der Waals surface area contributed by atoms with Crippen molar-refractivity contribution in [1.29, 1.82) is 0 Å². The number of carboxylic acid groups (broad SMARTS) is 1. The van der Waals surface area contributed by atoms with Gasteiger partial charge in [0.2, 0.25) is 11.8 Å². The molecule has 4 aliphatic heterocycles. The fraction of sp³-hybridized carbons (Fsp3) is 0.228. The van der Waals surface area contributed by atoms with Gasteiger partial charge in [-0.3, -0.25) is 28.8 Å². The molecule has 0 saturated heterocycles. The first-order chi connectivity index (χ1) is 36.1. The van der Waals surface area contributed by atoms with E-state index in [0.717, 1.165) is 15.8 Å². The maximum Gasteiger partial charge on any atom is 0.311 e. The molecule has 0 saturated carbocycles. The highest BCUT2D eigenvalue weighted by Gasteiger charge is 2.39. The lowest BCUT2D eigenvalue weighted by molar-refractivity contribution is -0.143. The number of carbonyl (C=O) groups is 6. The first-order valence-electron chi connectivity index (χ1n) is 23.9. The topological polar surface area (TPSA) is 244 Å². The summed E-state index contributed by atoms with van der Waals surface area (Å²) in [6, 6.07) is 21.9. The zero-order valence-corrected chi connectivity index (χ0v) is 43.5.